The molecule has 0 aliphatic heterocycles. The molecule has 0 fully saturated rings. The second-order valence-corrected chi connectivity index (χ2v) is 9.66. The van der Waals surface area contributed by atoms with Crippen LogP contribution in [0.4, 0.5) is 4.39 Å². The molecule has 0 radical (unpaired) electrons. The molecule has 0 amide bonds. The highest BCUT2D eigenvalue weighted by Crippen LogP contribution is 2.36. The first-order valence-electron chi connectivity index (χ1n) is 12.4. The zero-order valence-corrected chi connectivity index (χ0v) is 21.4. The lowest BCUT2D eigenvalue weighted by molar-refractivity contribution is 0.260. The highest BCUT2D eigenvalue weighted by Gasteiger charge is 2.16. The molecule has 7 nitrogen and oxygen atoms in total. The lowest BCUT2D eigenvalue weighted by Crippen LogP contribution is -2.19. The number of hydrogen-bond acceptors (Lipinski definition) is 5. The smallest absolute Gasteiger partial charge is 0.181 e. The van der Waals surface area contributed by atoms with Crippen molar-refractivity contribution >= 4 is 21.9 Å². The van der Waals surface area contributed by atoms with Gasteiger partial charge in [-0.05, 0) is 74.1 Å². The first-order chi connectivity index (χ1) is 18.5. The number of nitrogens with zero attached hydrogens (tertiary/aromatic N) is 4. The SMILES string of the molecule is Cc1ccncc1-c1cnc2n[nH]c(-c3cc4c(-c5cc(F)cc(OCCN(C)C)c5)cccc4[nH]3)c2c1. The van der Waals surface area contributed by atoms with Gasteiger partial charge in [0, 0.05) is 58.6 Å². The molecule has 0 aliphatic rings. The predicted molar refractivity (Wildman–Crippen MR) is 149 cm³/mol. The number of hydrogen-bond donors (Lipinski definition) is 2. The van der Waals surface area contributed by atoms with Gasteiger partial charge in [0.15, 0.2) is 5.65 Å². The highest BCUT2D eigenvalue weighted by molar-refractivity contribution is 6.01. The van der Waals surface area contributed by atoms with Gasteiger partial charge in [-0.3, -0.25) is 10.1 Å². The number of aromatic amines is 2. The summed E-state index contributed by atoms with van der Waals surface area (Å²) in [6.07, 6.45) is 5.46. The maximum Gasteiger partial charge on any atom is 0.181 e. The molecule has 8 heteroatoms. The maximum absolute atomic E-state index is 14.6. The van der Waals surface area contributed by atoms with Crippen LogP contribution in [0.3, 0.4) is 0 Å². The Labute approximate surface area is 219 Å². The molecule has 0 spiro atoms. The van der Waals surface area contributed by atoms with Gasteiger partial charge in [0.2, 0.25) is 0 Å². The minimum absolute atomic E-state index is 0.334. The Morgan fingerprint density at radius 3 is 2.68 bits per heavy atom. The molecule has 6 rings (SSSR count). The molecular formula is C30H27FN6O. The van der Waals surface area contributed by atoms with E-state index in [2.05, 4.69) is 44.2 Å². The van der Waals surface area contributed by atoms with Crippen molar-refractivity contribution in [3.63, 3.8) is 0 Å². The molecule has 0 saturated heterocycles. The Balaban J connectivity index is 1.41. The van der Waals surface area contributed by atoms with Gasteiger partial charge in [-0.15, -0.1) is 0 Å². The average Bonchev–Trinajstić information content (AvgIpc) is 3.52. The summed E-state index contributed by atoms with van der Waals surface area (Å²) in [6, 6.07) is 17.0. The van der Waals surface area contributed by atoms with Gasteiger partial charge < -0.3 is 14.6 Å². The molecule has 190 valence electrons. The fraction of sp³-hybridized carbons (Fsp3) is 0.167. The number of aromatic nitrogens is 5. The highest BCUT2D eigenvalue weighted by atomic mass is 19.1. The van der Waals surface area contributed by atoms with Crippen molar-refractivity contribution < 1.29 is 9.13 Å². The summed E-state index contributed by atoms with van der Waals surface area (Å²) in [4.78, 5) is 14.4. The molecular weight excluding hydrogens is 479 g/mol. The number of likely N-dealkylation sites (N-methyl/N-ethyl adjacent to an activating group) is 1. The number of H-pyrrole nitrogens is 2. The van der Waals surface area contributed by atoms with E-state index >= 15 is 0 Å². The Hall–Kier alpha value is -4.56. The first-order valence-corrected chi connectivity index (χ1v) is 12.4. The van der Waals surface area contributed by atoms with Gasteiger partial charge in [-0.25, -0.2) is 9.37 Å². The molecule has 0 bridgehead atoms. The van der Waals surface area contributed by atoms with Crippen molar-refractivity contribution in [3.05, 3.63) is 84.6 Å². The second-order valence-electron chi connectivity index (χ2n) is 9.66. The van der Waals surface area contributed by atoms with E-state index < -0.39 is 0 Å². The quantitative estimate of drug-likeness (QED) is 0.268. The van der Waals surface area contributed by atoms with Crippen LogP contribution in [0, 0.1) is 12.7 Å². The van der Waals surface area contributed by atoms with E-state index in [4.69, 9.17) is 4.74 Å². The first kappa shape index (κ1) is 23.8. The van der Waals surface area contributed by atoms with E-state index in [9.17, 15) is 4.39 Å². The summed E-state index contributed by atoms with van der Waals surface area (Å²) < 4.78 is 20.4. The molecule has 38 heavy (non-hydrogen) atoms. The van der Waals surface area contributed by atoms with Gasteiger partial charge in [-0.2, -0.15) is 5.10 Å². The van der Waals surface area contributed by atoms with Crippen LogP contribution < -0.4 is 4.74 Å². The van der Waals surface area contributed by atoms with Crippen LogP contribution in [0.2, 0.25) is 0 Å². The number of benzene rings is 2. The van der Waals surface area contributed by atoms with Crippen LogP contribution in [-0.4, -0.2) is 57.3 Å². The van der Waals surface area contributed by atoms with E-state index in [1.54, 1.807) is 6.20 Å². The summed E-state index contributed by atoms with van der Waals surface area (Å²) >= 11 is 0. The van der Waals surface area contributed by atoms with E-state index in [1.165, 1.54) is 12.1 Å². The van der Waals surface area contributed by atoms with Crippen molar-refractivity contribution in [2.45, 2.75) is 6.92 Å². The van der Waals surface area contributed by atoms with Crippen LogP contribution in [0.25, 0.3) is 55.6 Å². The van der Waals surface area contributed by atoms with Crippen LogP contribution >= 0.6 is 0 Å². The summed E-state index contributed by atoms with van der Waals surface area (Å²) in [5.41, 5.74) is 8.08. The van der Waals surface area contributed by atoms with Gasteiger partial charge in [0.25, 0.3) is 0 Å². The van der Waals surface area contributed by atoms with Gasteiger partial charge >= 0.3 is 0 Å². The van der Waals surface area contributed by atoms with E-state index in [1.807, 2.05) is 61.7 Å². The van der Waals surface area contributed by atoms with Crippen molar-refractivity contribution in [1.29, 1.82) is 0 Å². The molecule has 2 N–H and O–H groups in total. The monoisotopic (exact) mass is 506 g/mol. The third-order valence-corrected chi connectivity index (χ3v) is 6.68. The lowest BCUT2D eigenvalue weighted by atomic mass is 10.0. The van der Waals surface area contributed by atoms with Crippen LogP contribution in [0.1, 0.15) is 5.56 Å². The summed E-state index contributed by atoms with van der Waals surface area (Å²) in [5.74, 6) is 0.178. The summed E-state index contributed by atoms with van der Waals surface area (Å²) in [6.45, 7) is 3.29. The number of halogens is 1. The number of pyridine rings is 2. The molecule has 0 unspecified atom stereocenters. The molecule has 6 aromatic rings. The van der Waals surface area contributed by atoms with Crippen LogP contribution in [0.15, 0.2) is 73.2 Å². The fourth-order valence-electron chi connectivity index (χ4n) is 4.71. The average molecular weight is 507 g/mol. The van der Waals surface area contributed by atoms with Crippen molar-refractivity contribution in [2.75, 3.05) is 27.2 Å². The minimum Gasteiger partial charge on any atom is -0.492 e. The Morgan fingerprint density at radius 1 is 0.947 bits per heavy atom. The molecule has 2 aromatic carbocycles. The van der Waals surface area contributed by atoms with Gasteiger partial charge in [0.1, 0.15) is 18.2 Å². The zero-order chi connectivity index (χ0) is 26.2. The minimum atomic E-state index is -0.334. The van der Waals surface area contributed by atoms with Crippen molar-refractivity contribution in [1.82, 2.24) is 30.0 Å². The number of fused-ring (bicyclic) bond motifs is 2. The fourth-order valence-corrected chi connectivity index (χ4v) is 4.71. The standard InChI is InChI=1S/C30H27FN6O/c1-18-7-8-32-17-26(18)20-13-25-29(35-36-30(25)33-16-20)28-15-24-23(5-4-6-27(24)34-28)19-11-21(31)14-22(12-19)38-10-9-37(2)3/h4-8,11-17,34H,9-10H2,1-3H3,(H,33,35,36). The maximum atomic E-state index is 14.6. The Kier molecular flexibility index (Phi) is 6.09. The van der Waals surface area contributed by atoms with Crippen molar-refractivity contribution in [2.24, 2.45) is 0 Å². The zero-order valence-electron chi connectivity index (χ0n) is 21.4. The normalized spacial score (nSPS) is 11.6. The van der Waals surface area contributed by atoms with E-state index in [-0.39, 0.29) is 5.82 Å². The molecule has 4 heterocycles. The summed E-state index contributed by atoms with van der Waals surface area (Å²) in [7, 11) is 3.95. The number of aryl methyl sites for hydroxylation is 1. The largest absolute Gasteiger partial charge is 0.492 e. The Bertz CT molecular complexity index is 1770. The van der Waals surface area contributed by atoms with E-state index in [0.717, 1.165) is 62.0 Å². The van der Waals surface area contributed by atoms with Crippen LogP contribution in [0.5, 0.6) is 5.75 Å². The summed E-state index contributed by atoms with van der Waals surface area (Å²) in [5, 5.41) is 9.45. The Morgan fingerprint density at radius 2 is 1.84 bits per heavy atom. The molecule has 0 aliphatic carbocycles. The number of nitrogens with one attached hydrogen (secondary N) is 2. The second kappa shape index (κ2) is 9.72. The third kappa shape index (κ3) is 4.50. The topological polar surface area (TPSA) is 82.7 Å². The number of rotatable bonds is 7. The van der Waals surface area contributed by atoms with Gasteiger partial charge in [0.05, 0.1) is 11.4 Å². The van der Waals surface area contributed by atoms with Crippen molar-refractivity contribution in [3.8, 4) is 39.4 Å². The number of ether oxygens (including phenoxy) is 1. The predicted octanol–water partition coefficient (Wildman–Crippen LogP) is 6.22. The lowest BCUT2D eigenvalue weighted by Gasteiger charge is -2.12. The third-order valence-electron chi connectivity index (χ3n) is 6.68. The van der Waals surface area contributed by atoms with E-state index in [0.29, 0.717) is 18.0 Å². The van der Waals surface area contributed by atoms with Gasteiger partial charge in [-0.1, -0.05) is 12.1 Å². The molecule has 4 aromatic heterocycles. The molecule has 0 saturated carbocycles. The molecule has 0 atom stereocenters. The van der Waals surface area contributed by atoms with Crippen LogP contribution in [-0.2, 0) is 0 Å².